The molecule has 1 aromatic carbocycles. The van der Waals surface area contributed by atoms with E-state index in [0.29, 0.717) is 12.3 Å². The van der Waals surface area contributed by atoms with Crippen LogP contribution in [-0.4, -0.2) is 37.3 Å². The second kappa shape index (κ2) is 5.61. The lowest BCUT2D eigenvalue weighted by Gasteiger charge is -2.09. The first-order chi connectivity index (χ1) is 10.2. The van der Waals surface area contributed by atoms with E-state index in [1.54, 1.807) is 6.08 Å². The summed E-state index contributed by atoms with van der Waals surface area (Å²) in [6.45, 7) is 5.90. The number of carbonyl (C=O) groups is 1. The number of nitrogens with zero attached hydrogens (tertiary/aromatic N) is 3. The molecule has 0 fully saturated rings. The van der Waals surface area contributed by atoms with E-state index in [1.807, 2.05) is 35.6 Å². The summed E-state index contributed by atoms with van der Waals surface area (Å²) in [7, 11) is 0. The van der Waals surface area contributed by atoms with Gasteiger partial charge in [0.2, 0.25) is 11.7 Å². The molecule has 108 valence electrons. The van der Waals surface area contributed by atoms with Crippen molar-refractivity contribution in [2.75, 3.05) is 6.54 Å². The van der Waals surface area contributed by atoms with E-state index in [1.165, 1.54) is 11.8 Å². The van der Waals surface area contributed by atoms with Crippen molar-refractivity contribution in [2.45, 2.75) is 17.3 Å². The van der Waals surface area contributed by atoms with Crippen molar-refractivity contribution in [3.05, 3.63) is 36.9 Å². The summed E-state index contributed by atoms with van der Waals surface area (Å²) in [5.74, 6) is 0.637. The summed E-state index contributed by atoms with van der Waals surface area (Å²) in [6.07, 6.45) is 1.66. The van der Waals surface area contributed by atoms with Gasteiger partial charge < -0.3 is 5.32 Å². The van der Waals surface area contributed by atoms with Crippen LogP contribution in [0.15, 0.2) is 42.1 Å². The normalized spacial score (nSPS) is 12.6. The van der Waals surface area contributed by atoms with Crippen molar-refractivity contribution in [1.82, 2.24) is 24.9 Å². The van der Waals surface area contributed by atoms with Gasteiger partial charge in [0.1, 0.15) is 0 Å². The molecule has 0 radical (unpaired) electrons. The van der Waals surface area contributed by atoms with Gasteiger partial charge in [-0.15, -0.1) is 11.7 Å². The third-order valence-corrected chi connectivity index (χ3v) is 4.13. The number of hydrogen-bond donors (Lipinski definition) is 2. The molecule has 0 aliphatic heterocycles. The second-order valence-electron chi connectivity index (χ2n) is 4.56. The third kappa shape index (κ3) is 2.52. The first kappa shape index (κ1) is 13.7. The zero-order chi connectivity index (χ0) is 14.8. The van der Waals surface area contributed by atoms with Crippen LogP contribution in [0.5, 0.6) is 0 Å². The molecule has 1 atom stereocenters. The summed E-state index contributed by atoms with van der Waals surface area (Å²) >= 11 is 1.39. The minimum Gasteiger partial charge on any atom is -0.352 e. The van der Waals surface area contributed by atoms with Gasteiger partial charge in [-0.25, -0.2) is 10.1 Å². The quantitative estimate of drug-likeness (QED) is 0.558. The van der Waals surface area contributed by atoms with Gasteiger partial charge in [0.25, 0.3) is 0 Å². The lowest BCUT2D eigenvalue weighted by molar-refractivity contribution is -0.120. The molecule has 6 nitrogen and oxygen atoms in total. The highest BCUT2D eigenvalue weighted by molar-refractivity contribution is 8.00. The monoisotopic (exact) mass is 301 g/mol. The number of benzene rings is 1. The first-order valence-corrected chi connectivity index (χ1v) is 7.45. The van der Waals surface area contributed by atoms with Crippen LogP contribution < -0.4 is 5.32 Å². The predicted octanol–water partition coefficient (Wildman–Crippen LogP) is 1.99. The standard InChI is InChI=1S/C14H15N5OS/c1-3-8-15-12(20)9(2)21-14-18-17-13-16-10-6-4-5-7-11(10)19(13)14/h3-7,9H,1,8H2,2H3,(H,15,20)(H,16,17). The summed E-state index contributed by atoms with van der Waals surface area (Å²) in [4.78, 5) is 16.4. The molecule has 7 heteroatoms. The van der Waals surface area contributed by atoms with Crippen LogP contribution in [-0.2, 0) is 4.79 Å². The Morgan fingerprint density at radius 2 is 2.38 bits per heavy atom. The summed E-state index contributed by atoms with van der Waals surface area (Å²) < 4.78 is 1.93. The molecular weight excluding hydrogens is 286 g/mol. The average molecular weight is 301 g/mol. The molecule has 0 aliphatic rings. The lowest BCUT2D eigenvalue weighted by Crippen LogP contribution is -2.30. The number of imidazole rings is 1. The Morgan fingerprint density at radius 3 is 3.19 bits per heavy atom. The van der Waals surface area contributed by atoms with E-state index in [2.05, 4.69) is 27.1 Å². The minimum absolute atomic E-state index is 0.0412. The van der Waals surface area contributed by atoms with Crippen LogP contribution in [0.3, 0.4) is 0 Å². The first-order valence-electron chi connectivity index (χ1n) is 6.57. The van der Waals surface area contributed by atoms with Gasteiger partial charge in [0.05, 0.1) is 16.3 Å². The zero-order valence-corrected chi connectivity index (χ0v) is 12.4. The highest BCUT2D eigenvalue weighted by atomic mass is 32.2. The van der Waals surface area contributed by atoms with E-state index >= 15 is 0 Å². The fourth-order valence-electron chi connectivity index (χ4n) is 2.05. The van der Waals surface area contributed by atoms with Crippen LogP contribution in [0.25, 0.3) is 16.8 Å². The van der Waals surface area contributed by atoms with Crippen molar-refractivity contribution in [3.8, 4) is 0 Å². The van der Waals surface area contributed by atoms with Crippen molar-refractivity contribution in [1.29, 1.82) is 0 Å². The topological polar surface area (TPSA) is 75.1 Å². The molecule has 0 spiro atoms. The molecule has 0 saturated heterocycles. The molecular formula is C14H15N5OS. The Kier molecular flexibility index (Phi) is 3.66. The second-order valence-corrected chi connectivity index (χ2v) is 5.87. The van der Waals surface area contributed by atoms with Crippen LogP contribution in [0.4, 0.5) is 0 Å². The molecule has 2 N–H and O–H groups in total. The number of hydrogen-bond acceptors (Lipinski definition) is 4. The zero-order valence-electron chi connectivity index (χ0n) is 11.5. The van der Waals surface area contributed by atoms with Crippen LogP contribution >= 0.6 is 11.8 Å². The van der Waals surface area contributed by atoms with Crippen molar-refractivity contribution in [2.24, 2.45) is 0 Å². The minimum atomic E-state index is -0.252. The molecule has 0 bridgehead atoms. The van der Waals surface area contributed by atoms with Crippen LogP contribution in [0.1, 0.15) is 6.92 Å². The third-order valence-electron chi connectivity index (χ3n) is 3.08. The number of aromatic nitrogens is 4. The fourth-order valence-corrected chi connectivity index (χ4v) is 2.94. The molecule has 2 heterocycles. The van der Waals surface area contributed by atoms with Gasteiger partial charge in [-0.3, -0.25) is 9.20 Å². The van der Waals surface area contributed by atoms with Gasteiger partial charge in [0, 0.05) is 6.54 Å². The molecule has 3 rings (SSSR count). The van der Waals surface area contributed by atoms with Gasteiger partial charge >= 0.3 is 0 Å². The number of carbonyl (C=O) groups excluding carboxylic acids is 1. The molecule has 2 aromatic heterocycles. The Hall–Kier alpha value is -2.28. The Morgan fingerprint density at radius 1 is 1.57 bits per heavy atom. The van der Waals surface area contributed by atoms with Crippen molar-refractivity contribution < 1.29 is 4.79 Å². The van der Waals surface area contributed by atoms with E-state index in [0.717, 1.165) is 16.2 Å². The molecule has 0 saturated carbocycles. The van der Waals surface area contributed by atoms with E-state index < -0.39 is 0 Å². The molecule has 0 aliphatic carbocycles. The molecule has 1 unspecified atom stereocenters. The SMILES string of the molecule is C=CCNC(=O)C(C)Sc1n[nH]c2nc3ccccc3n12. The molecule has 1 amide bonds. The van der Waals surface area contributed by atoms with E-state index in [9.17, 15) is 4.79 Å². The maximum absolute atomic E-state index is 11.9. The number of fused-ring (bicyclic) bond motifs is 3. The Bertz CT molecular complexity index is 806. The van der Waals surface area contributed by atoms with Crippen molar-refractivity contribution in [3.63, 3.8) is 0 Å². The number of para-hydroxylation sites is 2. The Balaban J connectivity index is 1.90. The maximum atomic E-state index is 11.9. The van der Waals surface area contributed by atoms with Crippen LogP contribution in [0.2, 0.25) is 0 Å². The van der Waals surface area contributed by atoms with Gasteiger partial charge in [-0.05, 0) is 19.1 Å². The lowest BCUT2D eigenvalue weighted by atomic mass is 10.3. The highest BCUT2D eigenvalue weighted by Gasteiger charge is 2.19. The molecule has 21 heavy (non-hydrogen) atoms. The van der Waals surface area contributed by atoms with Crippen molar-refractivity contribution >= 4 is 34.5 Å². The van der Waals surface area contributed by atoms with Crippen LogP contribution in [0, 0.1) is 0 Å². The number of amides is 1. The number of H-pyrrole nitrogens is 1. The van der Waals surface area contributed by atoms with Gasteiger partial charge in [-0.2, -0.15) is 0 Å². The van der Waals surface area contributed by atoms with E-state index in [-0.39, 0.29) is 11.2 Å². The largest absolute Gasteiger partial charge is 0.352 e. The number of nitrogens with one attached hydrogen (secondary N) is 2. The van der Waals surface area contributed by atoms with E-state index in [4.69, 9.17) is 0 Å². The summed E-state index contributed by atoms with van der Waals surface area (Å²) in [6, 6.07) is 7.83. The molecule has 3 aromatic rings. The van der Waals surface area contributed by atoms with Gasteiger partial charge in [-0.1, -0.05) is 30.0 Å². The number of aromatic amines is 1. The summed E-state index contributed by atoms with van der Waals surface area (Å²) in [5, 5.41) is 10.4. The number of thioether (sulfide) groups is 1. The summed E-state index contributed by atoms with van der Waals surface area (Å²) in [5.41, 5.74) is 1.87. The fraction of sp³-hybridized carbons (Fsp3) is 0.214. The number of rotatable bonds is 5. The average Bonchev–Trinajstić information content (AvgIpc) is 3.04. The predicted molar refractivity (Wildman–Crippen MR) is 83.4 cm³/mol. The Labute approximate surface area is 125 Å². The van der Waals surface area contributed by atoms with Gasteiger partial charge in [0.15, 0.2) is 5.16 Å². The highest BCUT2D eigenvalue weighted by Crippen LogP contribution is 2.25. The smallest absolute Gasteiger partial charge is 0.233 e. The maximum Gasteiger partial charge on any atom is 0.233 e.